The minimum atomic E-state index is -3.59. The summed E-state index contributed by atoms with van der Waals surface area (Å²) in [6.45, 7) is 2.89. The lowest BCUT2D eigenvalue weighted by atomic mass is 10.4. The van der Waals surface area contributed by atoms with Crippen molar-refractivity contribution in [1.82, 2.24) is 0 Å². The van der Waals surface area contributed by atoms with Crippen LogP contribution in [-0.2, 0) is 33.3 Å². The first-order valence-corrected chi connectivity index (χ1v) is 8.47. The van der Waals surface area contributed by atoms with Gasteiger partial charge >= 0.3 is 0 Å². The molecule has 0 bridgehead atoms. The summed E-state index contributed by atoms with van der Waals surface area (Å²) in [4.78, 5) is 0. The highest BCUT2D eigenvalue weighted by Gasteiger charge is 2.17. The van der Waals surface area contributed by atoms with Gasteiger partial charge in [-0.2, -0.15) is 16.8 Å². The van der Waals surface area contributed by atoms with Crippen LogP contribution in [0.2, 0.25) is 0 Å². The van der Waals surface area contributed by atoms with Crippen LogP contribution in [0.5, 0.6) is 0 Å². The molecule has 104 valence electrons. The van der Waals surface area contributed by atoms with Crippen LogP contribution in [0.15, 0.2) is 0 Å². The third-order valence-corrected chi connectivity index (χ3v) is 2.53. The second-order valence-electron chi connectivity index (χ2n) is 3.78. The number of hydrogen-bond acceptors (Lipinski definition) is 7. The molecule has 0 atom stereocenters. The molecule has 0 saturated carbocycles. The molecule has 0 amide bonds. The van der Waals surface area contributed by atoms with Gasteiger partial charge in [0.15, 0.2) is 0 Å². The van der Waals surface area contributed by atoms with Gasteiger partial charge in [-0.3, -0.25) is 8.37 Å². The zero-order valence-corrected chi connectivity index (χ0v) is 11.9. The van der Waals surface area contributed by atoms with Gasteiger partial charge in [-0.1, -0.05) is 0 Å². The van der Waals surface area contributed by atoms with Crippen LogP contribution >= 0.6 is 0 Å². The Morgan fingerprint density at radius 3 is 1.47 bits per heavy atom. The lowest BCUT2D eigenvalue weighted by Gasteiger charge is -2.19. The topological polar surface area (TPSA) is 96.0 Å². The van der Waals surface area contributed by atoms with Crippen molar-refractivity contribution in [3.63, 3.8) is 0 Å². The fourth-order valence-electron chi connectivity index (χ4n) is 0.911. The summed E-state index contributed by atoms with van der Waals surface area (Å²) in [5, 5.41) is 0. The SMILES string of the molecule is CC(C)OC(COS(C)(=O)=O)COS(C)(=O)=O. The predicted octanol–water partition coefficient (Wildman–Crippen LogP) is -0.268. The van der Waals surface area contributed by atoms with E-state index in [4.69, 9.17) is 4.74 Å². The van der Waals surface area contributed by atoms with E-state index >= 15 is 0 Å². The monoisotopic (exact) mass is 290 g/mol. The molecule has 9 heteroatoms. The maximum Gasteiger partial charge on any atom is 0.264 e. The zero-order valence-electron chi connectivity index (χ0n) is 10.2. The molecule has 7 nitrogen and oxygen atoms in total. The molecular weight excluding hydrogens is 272 g/mol. The van der Waals surface area contributed by atoms with Crippen molar-refractivity contribution in [1.29, 1.82) is 0 Å². The van der Waals surface area contributed by atoms with Gasteiger partial charge in [-0.15, -0.1) is 0 Å². The van der Waals surface area contributed by atoms with Crippen LogP contribution < -0.4 is 0 Å². The van der Waals surface area contributed by atoms with Crippen LogP contribution in [0, 0.1) is 0 Å². The highest BCUT2D eigenvalue weighted by molar-refractivity contribution is 7.86. The van der Waals surface area contributed by atoms with Crippen molar-refractivity contribution < 1.29 is 29.9 Å². The summed E-state index contributed by atoms with van der Waals surface area (Å²) in [6, 6.07) is 0. The number of rotatable bonds is 8. The van der Waals surface area contributed by atoms with E-state index in [-0.39, 0.29) is 19.3 Å². The molecule has 0 fully saturated rings. The van der Waals surface area contributed by atoms with E-state index in [0.717, 1.165) is 12.5 Å². The molecule has 0 aromatic rings. The predicted molar refractivity (Wildman–Crippen MR) is 61.6 cm³/mol. The Hall–Kier alpha value is -0.220. The minimum absolute atomic E-state index is 0.202. The normalized spacial score (nSPS) is 13.5. The molecule has 0 aliphatic rings. The van der Waals surface area contributed by atoms with E-state index in [0.29, 0.717) is 0 Å². The fourth-order valence-corrected chi connectivity index (χ4v) is 1.71. The maximum absolute atomic E-state index is 10.8. The van der Waals surface area contributed by atoms with E-state index in [1.165, 1.54) is 0 Å². The summed E-state index contributed by atoms with van der Waals surface area (Å²) in [6.07, 6.45) is 0.832. The van der Waals surface area contributed by atoms with Crippen molar-refractivity contribution in [2.45, 2.75) is 26.1 Å². The Labute approximate surface area is 102 Å². The molecule has 0 aromatic carbocycles. The summed E-state index contributed by atoms with van der Waals surface area (Å²) < 4.78 is 57.5. The standard InChI is InChI=1S/C8H18O7S2/c1-7(2)15-8(5-13-16(3,9)10)6-14-17(4,11)12/h7-8H,5-6H2,1-4H3. The van der Waals surface area contributed by atoms with Crippen molar-refractivity contribution >= 4 is 20.2 Å². The first kappa shape index (κ1) is 16.8. The number of ether oxygens (including phenoxy) is 1. The molecule has 0 aliphatic carbocycles. The molecule has 0 N–H and O–H groups in total. The third-order valence-electron chi connectivity index (χ3n) is 1.40. The van der Waals surface area contributed by atoms with E-state index in [1.807, 2.05) is 0 Å². The fraction of sp³-hybridized carbons (Fsp3) is 1.00. The molecule has 0 unspecified atom stereocenters. The summed E-state index contributed by atoms with van der Waals surface area (Å²) in [5.41, 5.74) is 0. The Bertz CT molecular complexity index is 373. The van der Waals surface area contributed by atoms with Crippen molar-refractivity contribution in [3.8, 4) is 0 Å². The van der Waals surface area contributed by atoms with Crippen LogP contribution in [0.25, 0.3) is 0 Å². The van der Waals surface area contributed by atoms with Gasteiger partial charge in [0.25, 0.3) is 20.2 Å². The van der Waals surface area contributed by atoms with Gasteiger partial charge in [0.05, 0.1) is 31.8 Å². The van der Waals surface area contributed by atoms with Crippen molar-refractivity contribution in [2.75, 3.05) is 25.7 Å². The largest absolute Gasteiger partial charge is 0.371 e. The molecule has 0 aromatic heterocycles. The van der Waals surface area contributed by atoms with Crippen molar-refractivity contribution in [3.05, 3.63) is 0 Å². The first-order chi connectivity index (χ1) is 7.49. The summed E-state index contributed by atoms with van der Waals surface area (Å²) in [5.74, 6) is 0. The Morgan fingerprint density at radius 1 is 0.882 bits per heavy atom. The van der Waals surface area contributed by atoms with E-state index < -0.39 is 26.3 Å². The minimum Gasteiger partial charge on any atom is -0.371 e. The van der Waals surface area contributed by atoms with Crippen LogP contribution in [0.4, 0.5) is 0 Å². The lowest BCUT2D eigenvalue weighted by molar-refractivity contribution is -0.0368. The quantitative estimate of drug-likeness (QED) is 0.568. The smallest absolute Gasteiger partial charge is 0.264 e. The van der Waals surface area contributed by atoms with Crippen LogP contribution in [0.3, 0.4) is 0 Å². The zero-order chi connectivity index (χ0) is 13.7. The third kappa shape index (κ3) is 12.0. The molecule has 0 heterocycles. The highest BCUT2D eigenvalue weighted by atomic mass is 32.2. The highest BCUT2D eigenvalue weighted by Crippen LogP contribution is 2.03. The second-order valence-corrected chi connectivity index (χ2v) is 7.07. The van der Waals surface area contributed by atoms with Gasteiger partial charge in [0.1, 0.15) is 6.10 Å². The van der Waals surface area contributed by atoms with Gasteiger partial charge in [-0.05, 0) is 13.8 Å². The molecule has 0 saturated heterocycles. The second kappa shape index (κ2) is 6.64. The molecular formula is C8H18O7S2. The Kier molecular flexibility index (Phi) is 6.56. The van der Waals surface area contributed by atoms with Gasteiger partial charge in [0.2, 0.25) is 0 Å². The van der Waals surface area contributed by atoms with E-state index in [2.05, 4.69) is 8.37 Å². The van der Waals surface area contributed by atoms with Gasteiger partial charge in [-0.25, -0.2) is 0 Å². The average molecular weight is 290 g/mol. The van der Waals surface area contributed by atoms with Crippen LogP contribution in [-0.4, -0.2) is 54.8 Å². The van der Waals surface area contributed by atoms with E-state index in [9.17, 15) is 16.8 Å². The van der Waals surface area contributed by atoms with Gasteiger partial charge < -0.3 is 4.74 Å². The molecule has 0 spiro atoms. The maximum atomic E-state index is 10.8. The average Bonchev–Trinajstić information content (AvgIpc) is 2.06. The summed E-state index contributed by atoms with van der Waals surface area (Å²) in [7, 11) is -7.19. The molecule has 0 radical (unpaired) electrons. The summed E-state index contributed by atoms with van der Waals surface area (Å²) >= 11 is 0. The Balaban J connectivity index is 4.34. The van der Waals surface area contributed by atoms with Gasteiger partial charge in [0, 0.05) is 0 Å². The lowest BCUT2D eigenvalue weighted by Crippen LogP contribution is -2.30. The van der Waals surface area contributed by atoms with E-state index in [1.54, 1.807) is 13.8 Å². The molecule has 0 rings (SSSR count). The Morgan fingerprint density at radius 2 is 1.24 bits per heavy atom. The molecule has 0 aliphatic heterocycles. The molecule has 17 heavy (non-hydrogen) atoms. The van der Waals surface area contributed by atoms with Crippen LogP contribution in [0.1, 0.15) is 13.8 Å². The van der Waals surface area contributed by atoms with Crippen molar-refractivity contribution in [2.24, 2.45) is 0 Å². The number of hydrogen-bond donors (Lipinski definition) is 0. The first-order valence-electron chi connectivity index (χ1n) is 4.84.